The molecule has 3 aromatic carbocycles. The maximum absolute atomic E-state index is 15.4. The molecule has 0 saturated heterocycles. The zero-order valence-corrected chi connectivity index (χ0v) is 20.8. The van der Waals surface area contributed by atoms with Crippen molar-refractivity contribution in [3.05, 3.63) is 105 Å². The summed E-state index contributed by atoms with van der Waals surface area (Å²) in [6.07, 6.45) is 1.05. The third kappa shape index (κ3) is 4.04. The molecule has 0 bridgehead atoms. The van der Waals surface area contributed by atoms with E-state index in [-0.39, 0.29) is 38.6 Å². The van der Waals surface area contributed by atoms with E-state index in [4.69, 9.17) is 11.3 Å². The Morgan fingerprint density at radius 3 is 2.39 bits per heavy atom. The largest absolute Gasteiger partial charge is 0.497 e. The van der Waals surface area contributed by atoms with E-state index in [1.165, 1.54) is 36.1 Å². The lowest BCUT2D eigenvalue weighted by Crippen LogP contribution is -2.34. The predicted octanol–water partition coefficient (Wildman–Crippen LogP) is 3.63. The van der Waals surface area contributed by atoms with Crippen molar-refractivity contribution in [1.82, 2.24) is 19.3 Å². The van der Waals surface area contributed by atoms with Crippen LogP contribution in [0.2, 0.25) is 0 Å². The van der Waals surface area contributed by atoms with Crippen LogP contribution in [0, 0.1) is 12.4 Å². The zero-order chi connectivity index (χ0) is 27.2. The molecule has 1 N–H and O–H groups in total. The lowest BCUT2D eigenvalue weighted by atomic mass is 10.0. The molecule has 5 aromatic rings. The minimum Gasteiger partial charge on any atom is -0.497 e. The first-order valence-electron chi connectivity index (χ1n) is 11.0. The van der Waals surface area contributed by atoms with Gasteiger partial charge in [0.15, 0.2) is 15.4 Å². The molecule has 0 aliphatic carbocycles. The molecule has 190 valence electrons. The van der Waals surface area contributed by atoms with E-state index in [1.807, 2.05) is 0 Å². The molecular weight excluding hydrogens is 513 g/mol. The average Bonchev–Trinajstić information content (AvgIpc) is 3.27. The molecule has 0 fully saturated rings. The van der Waals surface area contributed by atoms with Gasteiger partial charge in [0.1, 0.15) is 17.1 Å². The number of nitrogens with zero attached hydrogens (tertiary/aromatic N) is 4. The smallest absolute Gasteiger partial charge is 0.332 e. The molecule has 0 unspecified atom stereocenters. The summed E-state index contributed by atoms with van der Waals surface area (Å²) in [7, 11) is -2.11. The molecule has 0 atom stereocenters. The molecular formula is C26H18FN5O5S. The van der Waals surface area contributed by atoms with Crippen LogP contribution in [-0.2, 0) is 9.84 Å². The first-order valence-corrected chi connectivity index (χ1v) is 12.9. The summed E-state index contributed by atoms with van der Waals surface area (Å²) in [5.74, 6) is -0.579. The summed E-state index contributed by atoms with van der Waals surface area (Å²) >= 11 is 0. The van der Waals surface area contributed by atoms with E-state index in [9.17, 15) is 18.0 Å². The summed E-state index contributed by atoms with van der Waals surface area (Å²) in [5, 5.41) is 4.17. The highest BCUT2D eigenvalue weighted by Crippen LogP contribution is 2.30. The molecule has 38 heavy (non-hydrogen) atoms. The Hall–Kier alpha value is -5.02. The van der Waals surface area contributed by atoms with Crippen LogP contribution in [0.1, 0.15) is 0 Å². The fourth-order valence-corrected chi connectivity index (χ4v) is 5.08. The van der Waals surface area contributed by atoms with Crippen LogP contribution in [0.3, 0.4) is 0 Å². The summed E-state index contributed by atoms with van der Waals surface area (Å²) in [4.78, 5) is 32.3. The molecule has 12 heteroatoms. The Bertz CT molecular complexity index is 2000. The van der Waals surface area contributed by atoms with Crippen molar-refractivity contribution >= 4 is 26.7 Å². The highest BCUT2D eigenvalue weighted by molar-refractivity contribution is 7.90. The Balaban J connectivity index is 1.73. The summed E-state index contributed by atoms with van der Waals surface area (Å²) < 4.78 is 46.8. The number of aromatic nitrogens is 4. The minimum atomic E-state index is -3.60. The highest BCUT2D eigenvalue weighted by atomic mass is 32.2. The van der Waals surface area contributed by atoms with Crippen molar-refractivity contribution in [2.24, 2.45) is 0 Å². The average molecular weight is 532 g/mol. The molecule has 5 rings (SSSR count). The highest BCUT2D eigenvalue weighted by Gasteiger charge is 2.23. The van der Waals surface area contributed by atoms with Gasteiger partial charge in [-0.1, -0.05) is 30.8 Å². The van der Waals surface area contributed by atoms with Crippen LogP contribution < -0.4 is 16.0 Å². The third-order valence-corrected chi connectivity index (χ3v) is 7.07. The lowest BCUT2D eigenvalue weighted by Gasteiger charge is -2.11. The zero-order valence-electron chi connectivity index (χ0n) is 20.0. The fourth-order valence-electron chi connectivity index (χ4n) is 4.17. The van der Waals surface area contributed by atoms with Gasteiger partial charge < -0.3 is 14.6 Å². The molecule has 0 aliphatic heterocycles. The molecule has 0 radical (unpaired) electrons. The van der Waals surface area contributed by atoms with Gasteiger partial charge in [0.05, 0.1) is 23.4 Å². The molecule has 2 aromatic heterocycles. The van der Waals surface area contributed by atoms with Crippen molar-refractivity contribution in [3.8, 4) is 28.3 Å². The number of hydrogen-bond acceptors (Lipinski definition) is 6. The van der Waals surface area contributed by atoms with Crippen molar-refractivity contribution < 1.29 is 17.5 Å². The minimum absolute atomic E-state index is 0.0126. The Morgan fingerprint density at radius 1 is 1.05 bits per heavy atom. The number of halogens is 1. The number of fused-ring (bicyclic) bond motifs is 1. The topological polar surface area (TPSA) is 120 Å². The quantitative estimate of drug-likeness (QED) is 0.346. The van der Waals surface area contributed by atoms with E-state index in [2.05, 4.69) is 14.9 Å². The van der Waals surface area contributed by atoms with Crippen molar-refractivity contribution in [1.29, 1.82) is 0 Å². The van der Waals surface area contributed by atoms with Crippen LogP contribution in [0.4, 0.5) is 10.2 Å². The van der Waals surface area contributed by atoms with Gasteiger partial charge in [-0.05, 0) is 53.1 Å². The number of H-pyrrole nitrogens is 1. The van der Waals surface area contributed by atoms with Crippen LogP contribution in [0.5, 0.6) is 5.75 Å². The summed E-state index contributed by atoms with van der Waals surface area (Å²) in [5.41, 5.74) is -1.50. The van der Waals surface area contributed by atoms with E-state index >= 15 is 4.39 Å². The van der Waals surface area contributed by atoms with Crippen molar-refractivity contribution in [2.75, 3.05) is 13.4 Å². The predicted molar refractivity (Wildman–Crippen MR) is 139 cm³/mol. The number of benzene rings is 3. The maximum Gasteiger partial charge on any atom is 0.332 e. The molecule has 0 aliphatic rings. The third-order valence-electron chi connectivity index (χ3n) is 5.92. The molecule has 0 spiro atoms. The number of sulfone groups is 1. The molecule has 0 amide bonds. The molecule has 2 heterocycles. The standard InChI is InChI=1S/C26H18FN5O5S/c1-28-24-22-23(32(30-24)16-9-11-17(37-2)12-10-16)25(33)31(26(34)29-22)20-13-8-15(14-19(20)27)18-6-4-5-7-21(18)38(3,35)36/h4-14H,2-3H3,(H,29,34). The van der Waals surface area contributed by atoms with Crippen LogP contribution >= 0.6 is 0 Å². The molecule has 0 saturated carbocycles. The SMILES string of the molecule is [C-]#[N+]c1nn(-c2ccc(OC)cc2)c2c(=O)n(-c3ccc(-c4ccccc4S(C)(=O)=O)cc3F)c(=O)[nH]c12. The number of rotatable bonds is 5. The second kappa shape index (κ2) is 9.13. The Kier molecular flexibility index (Phi) is 5.93. The monoisotopic (exact) mass is 531 g/mol. The van der Waals surface area contributed by atoms with Crippen LogP contribution in [-0.4, -0.2) is 41.1 Å². The number of aromatic amines is 1. The van der Waals surface area contributed by atoms with E-state index < -0.39 is 26.9 Å². The first kappa shape index (κ1) is 24.7. The number of methoxy groups -OCH3 is 1. The van der Waals surface area contributed by atoms with Gasteiger partial charge >= 0.3 is 11.5 Å². The normalized spacial score (nSPS) is 11.4. The van der Waals surface area contributed by atoms with E-state index in [1.54, 1.807) is 36.4 Å². The number of ether oxygens (including phenoxy) is 1. The lowest BCUT2D eigenvalue weighted by molar-refractivity contribution is 0.414. The second-order valence-electron chi connectivity index (χ2n) is 8.27. The Labute approximate surface area is 214 Å². The molecule has 10 nitrogen and oxygen atoms in total. The van der Waals surface area contributed by atoms with Crippen LogP contribution in [0.15, 0.2) is 81.2 Å². The van der Waals surface area contributed by atoms with Gasteiger partial charge in [0.25, 0.3) is 5.56 Å². The maximum atomic E-state index is 15.4. The van der Waals surface area contributed by atoms with Gasteiger partial charge in [-0.3, -0.25) is 4.79 Å². The number of hydrogen-bond donors (Lipinski definition) is 1. The summed E-state index contributed by atoms with van der Waals surface area (Å²) in [6, 6.07) is 16.3. The first-order chi connectivity index (χ1) is 18.1. The van der Waals surface area contributed by atoms with Gasteiger partial charge in [-0.15, -0.1) is 0 Å². The van der Waals surface area contributed by atoms with Crippen LogP contribution in [0.25, 0.3) is 38.4 Å². The van der Waals surface area contributed by atoms with Gasteiger partial charge in [0, 0.05) is 11.8 Å². The van der Waals surface area contributed by atoms with Gasteiger partial charge in [-0.2, -0.15) is 4.68 Å². The number of nitrogens with one attached hydrogen (secondary N) is 1. The van der Waals surface area contributed by atoms with Gasteiger partial charge in [-0.25, -0.2) is 22.2 Å². The van der Waals surface area contributed by atoms with Gasteiger partial charge in [0.2, 0.25) is 0 Å². The Morgan fingerprint density at radius 2 is 1.76 bits per heavy atom. The van der Waals surface area contributed by atoms with Crippen molar-refractivity contribution in [2.45, 2.75) is 4.90 Å². The fraction of sp³-hybridized carbons (Fsp3) is 0.0769. The van der Waals surface area contributed by atoms with E-state index in [0.717, 1.165) is 12.3 Å². The van der Waals surface area contributed by atoms with Crippen molar-refractivity contribution in [3.63, 3.8) is 0 Å². The second-order valence-corrected chi connectivity index (χ2v) is 10.3. The summed E-state index contributed by atoms with van der Waals surface area (Å²) in [6.45, 7) is 7.42. The van der Waals surface area contributed by atoms with E-state index in [0.29, 0.717) is 16.0 Å².